The van der Waals surface area contributed by atoms with Gasteiger partial charge in [-0.1, -0.05) is 0 Å². The van der Waals surface area contributed by atoms with Crippen molar-refractivity contribution < 1.29 is 9.59 Å². The number of carbonyl (C=O) groups is 2. The molecule has 17 heavy (non-hydrogen) atoms. The number of rotatable bonds is 4. The maximum Gasteiger partial charge on any atom is 0.227 e. The second kappa shape index (κ2) is 5.14. The zero-order valence-corrected chi connectivity index (χ0v) is 8.57. The molecule has 0 fully saturated rings. The van der Waals surface area contributed by atoms with Crippen molar-refractivity contribution in [3.05, 3.63) is 18.2 Å². The normalized spacial score (nSPS) is 8.59. The van der Waals surface area contributed by atoms with Gasteiger partial charge in [0.1, 0.15) is 0 Å². The van der Waals surface area contributed by atoms with Crippen LogP contribution in [-0.2, 0) is 9.59 Å². The quantitative estimate of drug-likeness (QED) is 0.341. The maximum atomic E-state index is 10.6. The lowest BCUT2D eigenvalue weighted by Crippen LogP contribution is -2.17. The van der Waals surface area contributed by atoms with Gasteiger partial charge in [-0.15, -0.1) is 0 Å². The van der Waals surface area contributed by atoms with Crippen molar-refractivity contribution in [1.82, 2.24) is 0 Å². The Morgan fingerprint density at radius 2 is 1.41 bits per heavy atom. The van der Waals surface area contributed by atoms with E-state index in [0.717, 1.165) is 9.80 Å². The highest BCUT2D eigenvalue weighted by Crippen LogP contribution is 2.25. The van der Waals surface area contributed by atoms with E-state index in [1.165, 1.54) is 18.2 Å². The Hall–Kier alpha value is -3.06. The molecule has 0 atom stereocenters. The van der Waals surface area contributed by atoms with Gasteiger partial charge in [0, 0.05) is 5.69 Å². The summed E-state index contributed by atoms with van der Waals surface area (Å²) in [5.74, 6) is 0. The van der Waals surface area contributed by atoms with Crippen LogP contribution in [-0.4, -0.2) is 12.8 Å². The Kier molecular flexibility index (Phi) is 3.63. The summed E-state index contributed by atoms with van der Waals surface area (Å²) in [6, 6.07) is 4.08. The SMILES string of the molecule is N#CN(C=O)c1cc(N)cc(N(C#N)C=O)c1. The number of benzene rings is 1. The standard InChI is InChI=1S/C10H7N5O2/c11-4-14(6-16)9-1-8(13)2-10(3-9)15(5-12)7-17/h1-3,6-7H,13H2. The summed E-state index contributed by atoms with van der Waals surface area (Å²) in [6.45, 7) is 0. The molecule has 7 nitrogen and oxygen atoms in total. The lowest BCUT2D eigenvalue weighted by atomic mass is 10.2. The zero-order valence-electron chi connectivity index (χ0n) is 8.57. The van der Waals surface area contributed by atoms with E-state index in [0.29, 0.717) is 12.8 Å². The van der Waals surface area contributed by atoms with Crippen molar-refractivity contribution in [2.45, 2.75) is 0 Å². The number of anilines is 3. The molecule has 2 amide bonds. The smallest absolute Gasteiger partial charge is 0.227 e. The van der Waals surface area contributed by atoms with Crippen LogP contribution in [0.15, 0.2) is 18.2 Å². The van der Waals surface area contributed by atoms with Crippen LogP contribution in [0.5, 0.6) is 0 Å². The first kappa shape index (κ1) is 12.0. The molecule has 0 aliphatic heterocycles. The largest absolute Gasteiger partial charge is 0.399 e. The second-order valence-corrected chi connectivity index (χ2v) is 2.93. The number of nitrogens with zero attached hydrogens (tertiary/aromatic N) is 4. The van der Waals surface area contributed by atoms with Crippen LogP contribution in [0.2, 0.25) is 0 Å². The van der Waals surface area contributed by atoms with Crippen LogP contribution in [0.25, 0.3) is 0 Å². The fraction of sp³-hybridized carbons (Fsp3) is 0. The second-order valence-electron chi connectivity index (χ2n) is 2.93. The van der Waals surface area contributed by atoms with E-state index >= 15 is 0 Å². The van der Waals surface area contributed by atoms with Gasteiger partial charge in [-0.2, -0.15) is 10.5 Å². The van der Waals surface area contributed by atoms with Crippen molar-refractivity contribution in [2.24, 2.45) is 0 Å². The van der Waals surface area contributed by atoms with Gasteiger partial charge in [0.25, 0.3) is 0 Å². The van der Waals surface area contributed by atoms with Crippen molar-refractivity contribution >= 4 is 29.9 Å². The van der Waals surface area contributed by atoms with Gasteiger partial charge in [0.05, 0.1) is 11.4 Å². The van der Waals surface area contributed by atoms with Crippen molar-refractivity contribution in [2.75, 3.05) is 15.5 Å². The van der Waals surface area contributed by atoms with Gasteiger partial charge >= 0.3 is 0 Å². The fourth-order valence-corrected chi connectivity index (χ4v) is 1.18. The van der Waals surface area contributed by atoms with Gasteiger partial charge in [-0.05, 0) is 18.2 Å². The van der Waals surface area contributed by atoms with Crippen LogP contribution in [0, 0.1) is 22.9 Å². The summed E-state index contributed by atoms with van der Waals surface area (Å²) < 4.78 is 0. The van der Waals surface area contributed by atoms with E-state index in [2.05, 4.69) is 0 Å². The summed E-state index contributed by atoms with van der Waals surface area (Å²) in [4.78, 5) is 22.6. The Labute approximate surface area is 96.9 Å². The van der Waals surface area contributed by atoms with Crippen molar-refractivity contribution in [3.8, 4) is 12.4 Å². The highest BCUT2D eigenvalue weighted by atomic mass is 16.1. The van der Waals surface area contributed by atoms with Gasteiger partial charge in [0.2, 0.25) is 12.8 Å². The molecule has 1 rings (SSSR count). The highest BCUT2D eigenvalue weighted by Gasteiger charge is 2.10. The van der Waals surface area contributed by atoms with Gasteiger partial charge in [-0.25, -0.2) is 9.80 Å². The van der Waals surface area contributed by atoms with Crippen LogP contribution in [0.1, 0.15) is 0 Å². The molecule has 7 heteroatoms. The van der Waals surface area contributed by atoms with Crippen LogP contribution in [0.4, 0.5) is 17.1 Å². The average Bonchev–Trinajstić information content (AvgIpc) is 2.31. The molecular weight excluding hydrogens is 222 g/mol. The minimum atomic E-state index is 0.180. The van der Waals surface area contributed by atoms with Crippen LogP contribution >= 0.6 is 0 Å². The average molecular weight is 229 g/mol. The molecule has 2 N–H and O–H groups in total. The first-order valence-corrected chi connectivity index (χ1v) is 4.35. The molecule has 1 aromatic carbocycles. The van der Waals surface area contributed by atoms with Gasteiger partial charge in [0.15, 0.2) is 12.4 Å². The first-order valence-electron chi connectivity index (χ1n) is 4.35. The van der Waals surface area contributed by atoms with E-state index in [1.807, 2.05) is 0 Å². The van der Waals surface area contributed by atoms with Crippen LogP contribution in [0.3, 0.4) is 0 Å². The minimum Gasteiger partial charge on any atom is -0.399 e. The lowest BCUT2D eigenvalue weighted by molar-refractivity contribution is -0.107. The third-order valence-corrected chi connectivity index (χ3v) is 1.91. The zero-order chi connectivity index (χ0) is 12.8. The Balaban J connectivity index is 3.29. The Morgan fingerprint density at radius 3 is 1.71 bits per heavy atom. The molecule has 0 heterocycles. The van der Waals surface area contributed by atoms with Crippen molar-refractivity contribution in [3.63, 3.8) is 0 Å². The summed E-state index contributed by atoms with van der Waals surface area (Å²) >= 11 is 0. The molecule has 0 spiro atoms. The Bertz CT molecular complexity index is 484. The van der Waals surface area contributed by atoms with Crippen molar-refractivity contribution in [1.29, 1.82) is 10.5 Å². The topological polar surface area (TPSA) is 114 Å². The predicted octanol–water partition coefficient (Wildman–Crippen LogP) is 0.157. The maximum absolute atomic E-state index is 10.6. The molecule has 0 unspecified atom stereocenters. The van der Waals surface area contributed by atoms with E-state index in [-0.39, 0.29) is 17.1 Å². The fourth-order valence-electron chi connectivity index (χ4n) is 1.18. The molecular formula is C10H7N5O2. The number of hydrogen-bond donors (Lipinski definition) is 1. The third-order valence-electron chi connectivity index (χ3n) is 1.91. The summed E-state index contributed by atoms with van der Waals surface area (Å²) in [6.07, 6.45) is 3.84. The number of nitrogens with two attached hydrogens (primary N) is 1. The number of nitrogen functional groups attached to an aromatic ring is 1. The Morgan fingerprint density at radius 1 is 1.00 bits per heavy atom. The minimum absolute atomic E-state index is 0.180. The molecule has 84 valence electrons. The van der Waals surface area contributed by atoms with E-state index in [9.17, 15) is 9.59 Å². The molecule has 0 aliphatic carbocycles. The summed E-state index contributed by atoms with van der Waals surface area (Å²) in [5.41, 5.74) is 6.13. The molecule has 0 aromatic heterocycles. The number of carbonyl (C=O) groups excluding carboxylic acids is 2. The van der Waals surface area contributed by atoms with Gasteiger partial charge in [-0.3, -0.25) is 9.59 Å². The van der Waals surface area contributed by atoms with E-state index < -0.39 is 0 Å². The summed E-state index contributed by atoms with van der Waals surface area (Å²) in [5, 5.41) is 17.3. The van der Waals surface area contributed by atoms with Gasteiger partial charge < -0.3 is 5.73 Å². The number of hydrogen-bond acceptors (Lipinski definition) is 5. The first-order chi connectivity index (χ1) is 8.15. The number of amides is 2. The predicted molar refractivity (Wildman–Crippen MR) is 59.2 cm³/mol. The molecule has 0 saturated carbocycles. The number of nitriles is 2. The molecule has 0 bridgehead atoms. The van der Waals surface area contributed by atoms with E-state index in [1.54, 1.807) is 12.4 Å². The lowest BCUT2D eigenvalue weighted by Gasteiger charge is -2.13. The molecule has 0 saturated heterocycles. The highest BCUT2D eigenvalue weighted by molar-refractivity contribution is 5.86. The summed E-state index contributed by atoms with van der Waals surface area (Å²) in [7, 11) is 0. The molecule has 0 radical (unpaired) electrons. The molecule has 0 aliphatic rings. The monoisotopic (exact) mass is 229 g/mol. The third kappa shape index (κ3) is 2.49. The van der Waals surface area contributed by atoms with E-state index in [4.69, 9.17) is 16.3 Å². The van der Waals surface area contributed by atoms with Crippen LogP contribution < -0.4 is 15.5 Å². The molecule has 1 aromatic rings.